The van der Waals surface area contributed by atoms with Gasteiger partial charge in [0.2, 0.25) is 0 Å². The van der Waals surface area contributed by atoms with E-state index in [1.807, 2.05) is 13.0 Å². The van der Waals surface area contributed by atoms with Crippen molar-refractivity contribution >= 4 is 11.3 Å². The Morgan fingerprint density at radius 2 is 2.21 bits per heavy atom. The minimum absolute atomic E-state index is 0.0171. The molecule has 78 valence electrons. The molecule has 0 aliphatic heterocycles. The zero-order valence-electron chi connectivity index (χ0n) is 9.13. The lowest BCUT2D eigenvalue weighted by molar-refractivity contribution is 0.438. The van der Waals surface area contributed by atoms with Gasteiger partial charge in [-0.2, -0.15) is 0 Å². The van der Waals surface area contributed by atoms with Crippen LogP contribution in [-0.4, -0.2) is 11.5 Å². The molecular weight excluding hydrogens is 192 g/mol. The highest BCUT2D eigenvalue weighted by atomic mass is 32.1. The van der Waals surface area contributed by atoms with Gasteiger partial charge in [0.15, 0.2) is 0 Å². The van der Waals surface area contributed by atoms with Crippen LogP contribution in [0, 0.1) is 19.3 Å². The Morgan fingerprint density at radius 3 is 2.57 bits per heavy atom. The molecule has 0 bridgehead atoms. The van der Waals surface area contributed by atoms with Crippen molar-refractivity contribution in [3.63, 3.8) is 0 Å². The summed E-state index contributed by atoms with van der Waals surface area (Å²) in [5.74, 6) is 0. The molecule has 0 amide bonds. The molecule has 1 rings (SSSR count). The van der Waals surface area contributed by atoms with Crippen molar-refractivity contribution in [3.8, 4) is 0 Å². The predicted octanol–water partition coefficient (Wildman–Crippen LogP) is 2.45. The van der Waals surface area contributed by atoms with Crippen LogP contribution in [0.4, 0.5) is 0 Å². The number of aromatic nitrogens is 1. The molecule has 0 aromatic carbocycles. The number of aryl methyl sites for hydroxylation is 2. The lowest BCUT2D eigenvalue weighted by Crippen LogP contribution is -2.27. The SMILES string of the molecule is C=CC(C)(CN)Cc1nc(C)c(C)s1. The lowest BCUT2D eigenvalue weighted by Gasteiger charge is -2.21. The van der Waals surface area contributed by atoms with Crippen LogP contribution >= 0.6 is 11.3 Å². The van der Waals surface area contributed by atoms with E-state index < -0.39 is 0 Å². The highest BCUT2D eigenvalue weighted by molar-refractivity contribution is 7.11. The van der Waals surface area contributed by atoms with E-state index >= 15 is 0 Å². The average molecular weight is 210 g/mol. The Balaban J connectivity index is 2.82. The van der Waals surface area contributed by atoms with Crippen molar-refractivity contribution in [2.24, 2.45) is 11.1 Å². The largest absolute Gasteiger partial charge is 0.330 e. The van der Waals surface area contributed by atoms with E-state index in [9.17, 15) is 0 Å². The number of thiazole rings is 1. The fraction of sp³-hybridized carbons (Fsp3) is 0.545. The van der Waals surface area contributed by atoms with Gasteiger partial charge in [-0.25, -0.2) is 4.98 Å². The Kier molecular flexibility index (Phi) is 3.45. The number of nitrogens with zero attached hydrogens (tertiary/aromatic N) is 1. The molecule has 2 nitrogen and oxygen atoms in total. The minimum atomic E-state index is -0.0171. The number of hydrogen-bond acceptors (Lipinski definition) is 3. The highest BCUT2D eigenvalue weighted by Gasteiger charge is 2.20. The molecule has 1 aromatic rings. The first kappa shape index (κ1) is 11.4. The van der Waals surface area contributed by atoms with Gasteiger partial charge in [-0.1, -0.05) is 13.0 Å². The van der Waals surface area contributed by atoms with Gasteiger partial charge in [0.25, 0.3) is 0 Å². The van der Waals surface area contributed by atoms with Crippen molar-refractivity contribution in [3.05, 3.63) is 28.2 Å². The molecule has 0 aliphatic rings. The molecule has 0 fully saturated rings. The minimum Gasteiger partial charge on any atom is -0.330 e. The van der Waals surface area contributed by atoms with Crippen LogP contribution in [0.25, 0.3) is 0 Å². The van der Waals surface area contributed by atoms with E-state index in [0.29, 0.717) is 6.54 Å². The first-order valence-corrected chi connectivity index (χ1v) is 5.59. The first-order valence-electron chi connectivity index (χ1n) is 4.77. The molecule has 0 saturated carbocycles. The van der Waals surface area contributed by atoms with Crippen LogP contribution in [-0.2, 0) is 6.42 Å². The molecule has 0 aliphatic carbocycles. The molecule has 0 radical (unpaired) electrons. The zero-order valence-corrected chi connectivity index (χ0v) is 9.95. The van der Waals surface area contributed by atoms with Crippen molar-refractivity contribution in [1.82, 2.24) is 4.98 Å². The third-order valence-electron chi connectivity index (χ3n) is 2.59. The molecule has 0 saturated heterocycles. The quantitative estimate of drug-likeness (QED) is 0.775. The first-order chi connectivity index (χ1) is 6.50. The standard InChI is InChI=1S/C11H18N2S/c1-5-11(4,7-12)6-10-13-8(2)9(3)14-10/h5H,1,6-7,12H2,2-4H3. The Hall–Kier alpha value is -0.670. The normalized spacial score (nSPS) is 15.1. The molecule has 3 heteroatoms. The van der Waals surface area contributed by atoms with E-state index in [-0.39, 0.29) is 5.41 Å². The second-order valence-electron chi connectivity index (χ2n) is 3.99. The second kappa shape index (κ2) is 4.24. The maximum atomic E-state index is 5.72. The maximum absolute atomic E-state index is 5.72. The van der Waals surface area contributed by atoms with E-state index in [4.69, 9.17) is 5.73 Å². The Labute approximate surface area is 89.9 Å². The van der Waals surface area contributed by atoms with E-state index in [1.165, 1.54) is 4.88 Å². The van der Waals surface area contributed by atoms with Crippen molar-refractivity contribution < 1.29 is 0 Å². The van der Waals surface area contributed by atoms with Gasteiger partial charge in [-0.15, -0.1) is 17.9 Å². The summed E-state index contributed by atoms with van der Waals surface area (Å²) >= 11 is 1.76. The molecule has 1 heterocycles. The molecule has 0 spiro atoms. The van der Waals surface area contributed by atoms with Crippen molar-refractivity contribution in [2.45, 2.75) is 27.2 Å². The summed E-state index contributed by atoms with van der Waals surface area (Å²) in [6.07, 6.45) is 2.82. The van der Waals surface area contributed by atoms with Crippen LogP contribution < -0.4 is 5.73 Å². The maximum Gasteiger partial charge on any atom is 0.0939 e. The van der Waals surface area contributed by atoms with Gasteiger partial charge in [0.05, 0.1) is 10.7 Å². The molecule has 1 aromatic heterocycles. The summed E-state index contributed by atoms with van der Waals surface area (Å²) in [6.45, 7) is 10.7. The molecule has 2 N–H and O–H groups in total. The zero-order chi connectivity index (χ0) is 10.8. The third-order valence-corrected chi connectivity index (χ3v) is 3.66. The summed E-state index contributed by atoms with van der Waals surface area (Å²) in [4.78, 5) is 5.80. The van der Waals surface area contributed by atoms with Gasteiger partial charge in [0.1, 0.15) is 0 Å². The van der Waals surface area contributed by atoms with E-state index in [1.54, 1.807) is 11.3 Å². The van der Waals surface area contributed by atoms with Gasteiger partial charge >= 0.3 is 0 Å². The summed E-state index contributed by atoms with van der Waals surface area (Å²) in [5, 5.41) is 1.16. The van der Waals surface area contributed by atoms with Crippen LogP contribution in [0.5, 0.6) is 0 Å². The van der Waals surface area contributed by atoms with Gasteiger partial charge in [-0.05, 0) is 13.8 Å². The van der Waals surface area contributed by atoms with Crippen molar-refractivity contribution in [1.29, 1.82) is 0 Å². The molecule has 1 atom stereocenters. The third kappa shape index (κ3) is 2.42. The molecule has 14 heavy (non-hydrogen) atoms. The summed E-state index contributed by atoms with van der Waals surface area (Å²) in [5.41, 5.74) is 6.83. The van der Waals surface area contributed by atoms with Gasteiger partial charge in [-0.3, -0.25) is 0 Å². The van der Waals surface area contributed by atoms with E-state index in [2.05, 4.69) is 25.4 Å². The van der Waals surface area contributed by atoms with Crippen LogP contribution in [0.3, 0.4) is 0 Å². The Bertz CT molecular complexity index is 311. The summed E-state index contributed by atoms with van der Waals surface area (Å²) in [7, 11) is 0. The Morgan fingerprint density at radius 1 is 1.57 bits per heavy atom. The topological polar surface area (TPSA) is 38.9 Å². The fourth-order valence-electron chi connectivity index (χ4n) is 1.19. The molecule has 1 unspecified atom stereocenters. The fourth-order valence-corrected chi connectivity index (χ4v) is 2.32. The number of nitrogens with two attached hydrogens (primary N) is 1. The van der Waals surface area contributed by atoms with Gasteiger partial charge < -0.3 is 5.73 Å². The number of rotatable bonds is 4. The van der Waals surface area contributed by atoms with Crippen LogP contribution in [0.15, 0.2) is 12.7 Å². The monoisotopic (exact) mass is 210 g/mol. The highest BCUT2D eigenvalue weighted by Crippen LogP contribution is 2.26. The second-order valence-corrected chi connectivity index (χ2v) is 5.28. The number of hydrogen-bond donors (Lipinski definition) is 1. The average Bonchev–Trinajstić information content (AvgIpc) is 2.45. The van der Waals surface area contributed by atoms with Gasteiger partial charge in [0, 0.05) is 23.3 Å². The summed E-state index contributed by atoms with van der Waals surface area (Å²) < 4.78 is 0. The summed E-state index contributed by atoms with van der Waals surface area (Å²) in [6, 6.07) is 0. The smallest absolute Gasteiger partial charge is 0.0939 e. The lowest BCUT2D eigenvalue weighted by atomic mass is 9.87. The van der Waals surface area contributed by atoms with E-state index in [0.717, 1.165) is 17.1 Å². The predicted molar refractivity (Wildman–Crippen MR) is 62.7 cm³/mol. The molecular formula is C11H18N2S. The van der Waals surface area contributed by atoms with Crippen LogP contribution in [0.1, 0.15) is 22.5 Å². The van der Waals surface area contributed by atoms with Crippen LogP contribution in [0.2, 0.25) is 0 Å². The van der Waals surface area contributed by atoms with Crippen molar-refractivity contribution in [2.75, 3.05) is 6.54 Å².